The van der Waals surface area contributed by atoms with Crippen molar-refractivity contribution in [3.63, 3.8) is 0 Å². The van der Waals surface area contributed by atoms with Gasteiger partial charge in [0.15, 0.2) is 5.96 Å². The van der Waals surface area contributed by atoms with Crippen LogP contribution in [0, 0.1) is 6.92 Å². The molecule has 0 radical (unpaired) electrons. The SMILES string of the molecule is C=CCNC(=NCc1cc(C)on1)NCc1ccco1. The van der Waals surface area contributed by atoms with Gasteiger partial charge in [0, 0.05) is 12.6 Å². The zero-order valence-electron chi connectivity index (χ0n) is 11.4. The highest BCUT2D eigenvalue weighted by atomic mass is 16.5. The van der Waals surface area contributed by atoms with Gasteiger partial charge in [0.25, 0.3) is 0 Å². The number of nitrogens with one attached hydrogen (secondary N) is 2. The Kier molecular flexibility index (Phi) is 5.00. The third-order valence-electron chi connectivity index (χ3n) is 2.50. The van der Waals surface area contributed by atoms with Crippen LogP contribution in [0.4, 0.5) is 0 Å². The van der Waals surface area contributed by atoms with E-state index in [0.717, 1.165) is 17.2 Å². The summed E-state index contributed by atoms with van der Waals surface area (Å²) in [6.07, 6.45) is 3.41. The maximum Gasteiger partial charge on any atom is 0.192 e. The fraction of sp³-hybridized carbons (Fsp3) is 0.286. The first-order valence-corrected chi connectivity index (χ1v) is 6.35. The number of nitrogens with zero attached hydrogens (tertiary/aromatic N) is 2. The molecule has 2 rings (SSSR count). The topological polar surface area (TPSA) is 75.6 Å². The Labute approximate surface area is 117 Å². The first-order chi connectivity index (χ1) is 9.78. The van der Waals surface area contributed by atoms with E-state index in [1.807, 2.05) is 25.1 Å². The number of aryl methyl sites for hydroxylation is 1. The van der Waals surface area contributed by atoms with Crippen molar-refractivity contribution >= 4 is 5.96 Å². The summed E-state index contributed by atoms with van der Waals surface area (Å²) < 4.78 is 10.3. The van der Waals surface area contributed by atoms with Crippen LogP contribution < -0.4 is 10.6 Å². The first-order valence-electron chi connectivity index (χ1n) is 6.35. The number of hydrogen-bond acceptors (Lipinski definition) is 4. The summed E-state index contributed by atoms with van der Waals surface area (Å²) in [6.45, 7) is 7.16. The van der Waals surface area contributed by atoms with Gasteiger partial charge in [0.2, 0.25) is 0 Å². The molecule has 0 fully saturated rings. The van der Waals surface area contributed by atoms with E-state index in [1.165, 1.54) is 0 Å². The number of aliphatic imine (C=N–C) groups is 1. The summed E-state index contributed by atoms with van der Waals surface area (Å²) in [5.74, 6) is 2.29. The highest BCUT2D eigenvalue weighted by Gasteiger charge is 2.02. The highest BCUT2D eigenvalue weighted by Crippen LogP contribution is 2.03. The van der Waals surface area contributed by atoms with Crippen LogP contribution in [-0.2, 0) is 13.1 Å². The second-order valence-corrected chi connectivity index (χ2v) is 4.20. The number of guanidine groups is 1. The van der Waals surface area contributed by atoms with E-state index >= 15 is 0 Å². The summed E-state index contributed by atoms with van der Waals surface area (Å²) in [5.41, 5.74) is 0.792. The van der Waals surface area contributed by atoms with E-state index < -0.39 is 0 Å². The second kappa shape index (κ2) is 7.18. The van der Waals surface area contributed by atoms with Gasteiger partial charge in [-0.3, -0.25) is 0 Å². The summed E-state index contributed by atoms with van der Waals surface area (Å²) in [7, 11) is 0. The Morgan fingerprint density at radius 2 is 2.40 bits per heavy atom. The molecular weight excluding hydrogens is 256 g/mol. The van der Waals surface area contributed by atoms with Crippen LogP contribution in [0.1, 0.15) is 17.2 Å². The lowest BCUT2D eigenvalue weighted by Crippen LogP contribution is -2.37. The van der Waals surface area contributed by atoms with Crippen molar-refractivity contribution in [2.75, 3.05) is 6.54 Å². The fourth-order valence-corrected chi connectivity index (χ4v) is 1.58. The molecule has 6 nitrogen and oxygen atoms in total. The molecule has 2 aromatic rings. The van der Waals surface area contributed by atoms with E-state index in [9.17, 15) is 0 Å². The van der Waals surface area contributed by atoms with Crippen molar-refractivity contribution in [2.24, 2.45) is 4.99 Å². The van der Waals surface area contributed by atoms with Crippen LogP contribution in [0.15, 0.2) is 51.0 Å². The molecule has 106 valence electrons. The van der Waals surface area contributed by atoms with Gasteiger partial charge in [-0.2, -0.15) is 0 Å². The van der Waals surface area contributed by atoms with Crippen molar-refractivity contribution in [1.82, 2.24) is 15.8 Å². The van der Waals surface area contributed by atoms with Gasteiger partial charge in [0.05, 0.1) is 19.4 Å². The van der Waals surface area contributed by atoms with Crippen LogP contribution in [0.25, 0.3) is 0 Å². The van der Waals surface area contributed by atoms with Gasteiger partial charge in [-0.1, -0.05) is 11.2 Å². The predicted molar refractivity (Wildman–Crippen MR) is 76.1 cm³/mol. The molecule has 0 bridgehead atoms. The minimum atomic E-state index is 0.446. The van der Waals surface area contributed by atoms with E-state index in [-0.39, 0.29) is 0 Å². The molecular formula is C14H18N4O2. The zero-order chi connectivity index (χ0) is 14.2. The largest absolute Gasteiger partial charge is 0.467 e. The Morgan fingerprint density at radius 1 is 1.50 bits per heavy atom. The number of furan rings is 1. The van der Waals surface area contributed by atoms with Crippen molar-refractivity contribution in [2.45, 2.75) is 20.0 Å². The van der Waals surface area contributed by atoms with Crippen LogP contribution >= 0.6 is 0 Å². The Balaban J connectivity index is 1.92. The molecule has 0 amide bonds. The van der Waals surface area contributed by atoms with E-state index in [0.29, 0.717) is 25.6 Å². The molecule has 0 saturated carbocycles. The van der Waals surface area contributed by atoms with Gasteiger partial charge in [-0.05, 0) is 19.1 Å². The normalized spacial score (nSPS) is 11.3. The average molecular weight is 274 g/mol. The molecule has 20 heavy (non-hydrogen) atoms. The maximum absolute atomic E-state index is 5.26. The maximum atomic E-state index is 5.26. The highest BCUT2D eigenvalue weighted by molar-refractivity contribution is 5.79. The van der Waals surface area contributed by atoms with Gasteiger partial charge in [-0.15, -0.1) is 6.58 Å². The van der Waals surface area contributed by atoms with E-state index in [2.05, 4.69) is 27.4 Å². The molecule has 6 heteroatoms. The minimum Gasteiger partial charge on any atom is -0.467 e. The van der Waals surface area contributed by atoms with Crippen molar-refractivity contribution < 1.29 is 8.94 Å². The molecule has 2 aromatic heterocycles. The standard InChI is InChI=1S/C14H18N4O2/c1-3-6-15-14(17-10-13-5-4-7-19-13)16-9-12-8-11(2)20-18-12/h3-5,7-8H,1,6,9-10H2,2H3,(H2,15,16,17). The summed E-state index contributed by atoms with van der Waals surface area (Å²) in [5, 5.41) is 10.2. The molecule has 0 aromatic carbocycles. The second-order valence-electron chi connectivity index (χ2n) is 4.20. The average Bonchev–Trinajstić information content (AvgIpc) is 3.09. The Hall–Kier alpha value is -2.50. The lowest BCUT2D eigenvalue weighted by Gasteiger charge is -2.09. The quantitative estimate of drug-likeness (QED) is 0.478. The molecule has 2 N–H and O–H groups in total. The molecule has 0 spiro atoms. The van der Waals surface area contributed by atoms with Crippen LogP contribution in [0.5, 0.6) is 0 Å². The molecule has 0 aliphatic heterocycles. The lowest BCUT2D eigenvalue weighted by atomic mass is 10.4. The molecule has 0 atom stereocenters. The molecule has 0 unspecified atom stereocenters. The Morgan fingerprint density at radius 3 is 3.05 bits per heavy atom. The molecule has 0 aliphatic carbocycles. The van der Waals surface area contributed by atoms with E-state index in [1.54, 1.807) is 12.3 Å². The van der Waals surface area contributed by atoms with Crippen molar-refractivity contribution in [3.05, 3.63) is 54.3 Å². The Bertz CT molecular complexity index is 558. The van der Waals surface area contributed by atoms with Gasteiger partial charge in [0.1, 0.15) is 17.2 Å². The minimum absolute atomic E-state index is 0.446. The van der Waals surface area contributed by atoms with Crippen molar-refractivity contribution in [1.29, 1.82) is 0 Å². The van der Waals surface area contributed by atoms with Crippen LogP contribution in [0.2, 0.25) is 0 Å². The van der Waals surface area contributed by atoms with Crippen LogP contribution in [-0.4, -0.2) is 17.7 Å². The monoisotopic (exact) mass is 274 g/mol. The number of hydrogen-bond donors (Lipinski definition) is 2. The smallest absolute Gasteiger partial charge is 0.192 e. The third kappa shape index (κ3) is 4.31. The van der Waals surface area contributed by atoms with Gasteiger partial charge >= 0.3 is 0 Å². The summed E-state index contributed by atoms with van der Waals surface area (Å²) >= 11 is 0. The van der Waals surface area contributed by atoms with Gasteiger partial charge in [-0.25, -0.2) is 4.99 Å². The summed E-state index contributed by atoms with van der Waals surface area (Å²) in [6, 6.07) is 5.61. The predicted octanol–water partition coefficient (Wildman–Crippen LogP) is 2.00. The molecule has 0 aliphatic rings. The lowest BCUT2D eigenvalue weighted by molar-refractivity contribution is 0.391. The first kappa shape index (κ1) is 13.9. The van der Waals surface area contributed by atoms with Gasteiger partial charge < -0.3 is 19.6 Å². The summed E-state index contributed by atoms with van der Waals surface area (Å²) in [4.78, 5) is 4.43. The van der Waals surface area contributed by atoms with Crippen LogP contribution in [0.3, 0.4) is 0 Å². The third-order valence-corrected chi connectivity index (χ3v) is 2.50. The fourth-order valence-electron chi connectivity index (χ4n) is 1.58. The number of aromatic nitrogens is 1. The van der Waals surface area contributed by atoms with E-state index in [4.69, 9.17) is 8.94 Å². The number of rotatable bonds is 6. The molecule has 2 heterocycles. The molecule has 0 saturated heterocycles. The van der Waals surface area contributed by atoms with Crippen molar-refractivity contribution in [3.8, 4) is 0 Å². The zero-order valence-corrected chi connectivity index (χ0v) is 11.4.